The molecular weight excluding hydrogens is 661 g/mol. The molecule has 0 aromatic rings. The summed E-state index contributed by atoms with van der Waals surface area (Å²) in [6, 6.07) is 0. The van der Waals surface area contributed by atoms with Gasteiger partial charge in [-0.05, 0) is 0 Å². The highest BCUT2D eigenvalue weighted by atomic mass is 32.3. The molecule has 0 amide bonds. The summed E-state index contributed by atoms with van der Waals surface area (Å²) in [6.45, 7) is 0. The predicted octanol–water partition coefficient (Wildman–Crippen LogP) is 4.41. The van der Waals surface area contributed by atoms with Crippen LogP contribution >= 0.6 is 0 Å². The van der Waals surface area contributed by atoms with Crippen molar-refractivity contribution < 1.29 is 109 Å². The molecule has 0 spiro atoms. The van der Waals surface area contributed by atoms with E-state index in [9.17, 15) is 109 Å². The van der Waals surface area contributed by atoms with Gasteiger partial charge in [0.15, 0.2) is 0 Å². The highest BCUT2D eigenvalue weighted by Gasteiger charge is 2.83. The second-order valence-corrected chi connectivity index (χ2v) is 12.5. The second kappa shape index (κ2) is 8.51. The van der Waals surface area contributed by atoms with Crippen LogP contribution in [-0.4, -0.2) is 71.4 Å². The van der Waals surface area contributed by atoms with Gasteiger partial charge in [0.25, 0.3) is 0 Å². The van der Waals surface area contributed by atoms with Crippen LogP contribution in [-0.2, 0) is 29.5 Å². The van der Waals surface area contributed by atoms with Crippen molar-refractivity contribution in [1.29, 1.82) is 0 Å². The van der Waals surface area contributed by atoms with Crippen LogP contribution in [0.5, 0.6) is 0 Å². The predicted molar refractivity (Wildman–Crippen MR) is 72.9 cm³/mol. The number of halogens is 19. The molecule has 0 N–H and O–H groups in total. The van der Waals surface area contributed by atoms with Crippen LogP contribution in [0.4, 0.5) is 83.4 Å². The van der Waals surface area contributed by atoms with Crippen molar-refractivity contribution in [3.8, 4) is 0 Å². The Labute approximate surface area is 189 Å². The van der Waals surface area contributed by atoms with Crippen molar-refractivity contribution >= 4 is 29.5 Å². The van der Waals surface area contributed by atoms with E-state index in [1.165, 1.54) is 0 Å². The molecule has 0 fully saturated rings. The van der Waals surface area contributed by atoms with Crippen molar-refractivity contribution in [2.24, 2.45) is 0 Å². The van der Waals surface area contributed by atoms with Crippen molar-refractivity contribution in [3.63, 3.8) is 0 Å². The minimum Gasteiger partial charge on any atom is -0.254 e. The minimum absolute atomic E-state index is 6.28. The molecule has 0 atom stereocenters. The highest BCUT2D eigenvalue weighted by molar-refractivity contribution is 8.29. The molecule has 37 heavy (non-hydrogen) atoms. The van der Waals surface area contributed by atoms with Gasteiger partial charge < -0.3 is 0 Å². The fraction of sp³-hybridized carbons (Fsp3) is 0.889. The maximum absolute atomic E-state index is 13.6. The molecular formula is C9F19O6S3-. The lowest BCUT2D eigenvalue weighted by Crippen LogP contribution is -2.63. The average molecular weight is 661 g/mol. The number of sulfone groups is 3. The summed E-state index contributed by atoms with van der Waals surface area (Å²) in [5.74, 6) is -17.0. The molecule has 6 nitrogen and oxygen atoms in total. The smallest absolute Gasteiger partial charge is 0.254 e. The van der Waals surface area contributed by atoms with E-state index in [4.69, 9.17) is 0 Å². The van der Waals surface area contributed by atoms with Gasteiger partial charge in [-0.15, -0.1) is 0 Å². The Bertz CT molecular complexity index is 1130. The van der Waals surface area contributed by atoms with E-state index in [1.807, 2.05) is 0 Å². The Morgan fingerprint density at radius 1 is 0.324 bits per heavy atom. The lowest BCUT2D eigenvalue weighted by molar-refractivity contribution is -0.332. The van der Waals surface area contributed by atoms with E-state index in [2.05, 4.69) is 0 Å². The Hall–Kier alpha value is -1.48. The van der Waals surface area contributed by atoms with Gasteiger partial charge in [-0.3, -0.25) is 25.3 Å². The molecule has 28 heteroatoms. The standard InChI is InChI=1S/C9F19O6S3/c10-2(11,4(14,15)16)7(23,24)35(29,30)1(37(33,34)9(27,28)6(20,21)22)36(31,32)8(25,26)3(12,13)5(17,18)19/q-1. The summed E-state index contributed by atoms with van der Waals surface area (Å²) in [5, 5.41) is -26.0. The molecule has 0 saturated carbocycles. The Morgan fingerprint density at radius 3 is 0.676 bits per heavy atom. The fourth-order valence-corrected chi connectivity index (χ4v) is 8.76. The summed E-state index contributed by atoms with van der Waals surface area (Å²) < 4.78 is 305. The summed E-state index contributed by atoms with van der Waals surface area (Å²) in [7, 11) is -29.6. The normalized spacial score (nSPS) is 16.9. The van der Waals surface area contributed by atoms with Crippen LogP contribution in [0.3, 0.4) is 0 Å². The number of alkyl halides is 19. The van der Waals surface area contributed by atoms with Crippen LogP contribution < -0.4 is 0 Å². The Balaban J connectivity index is 8.22. The van der Waals surface area contributed by atoms with Crippen LogP contribution in [0.25, 0.3) is 0 Å². The Kier molecular flexibility index (Phi) is 8.17. The zero-order valence-corrected chi connectivity index (χ0v) is 17.8. The molecule has 0 aliphatic heterocycles. The van der Waals surface area contributed by atoms with E-state index in [-0.39, 0.29) is 0 Å². The van der Waals surface area contributed by atoms with E-state index < -0.39 is 79.6 Å². The summed E-state index contributed by atoms with van der Waals surface area (Å²) in [4.78, 5) is 0. The van der Waals surface area contributed by atoms with Gasteiger partial charge in [0.2, 0.25) is 0 Å². The lowest BCUT2D eigenvalue weighted by atomic mass is 10.3. The average Bonchev–Trinajstić information content (AvgIpc) is 2.56. The highest BCUT2D eigenvalue weighted by Crippen LogP contribution is 2.59. The molecule has 0 radical (unpaired) electrons. The summed E-state index contributed by atoms with van der Waals surface area (Å²) >= 11 is 0. The second-order valence-electron chi connectivity index (χ2n) is 5.95. The molecule has 0 heterocycles. The third kappa shape index (κ3) is 4.66. The van der Waals surface area contributed by atoms with E-state index in [0.717, 1.165) is 0 Å². The number of hydrogen-bond donors (Lipinski definition) is 0. The van der Waals surface area contributed by atoms with E-state index in [0.29, 0.717) is 0 Å². The van der Waals surface area contributed by atoms with Gasteiger partial charge in [0, 0.05) is 0 Å². The van der Waals surface area contributed by atoms with Gasteiger partial charge in [-0.1, -0.05) is 0 Å². The van der Waals surface area contributed by atoms with Crippen LogP contribution in [0.2, 0.25) is 0 Å². The van der Waals surface area contributed by atoms with Crippen LogP contribution in [0.1, 0.15) is 0 Å². The van der Waals surface area contributed by atoms with E-state index in [1.54, 1.807) is 0 Å². The zero-order chi connectivity index (χ0) is 31.1. The molecule has 0 aromatic carbocycles. The first-order valence-electron chi connectivity index (χ1n) is 7.07. The molecule has 0 aliphatic rings. The van der Waals surface area contributed by atoms with E-state index >= 15 is 0 Å². The largest absolute Gasteiger partial charge is 0.466 e. The molecule has 0 aromatic heterocycles. The first-order chi connectivity index (χ1) is 15.4. The van der Waals surface area contributed by atoms with Crippen molar-refractivity contribution in [1.82, 2.24) is 0 Å². The lowest BCUT2D eigenvalue weighted by Gasteiger charge is -2.41. The van der Waals surface area contributed by atoms with Gasteiger partial charge >= 0.3 is 46.1 Å². The van der Waals surface area contributed by atoms with Gasteiger partial charge in [0.05, 0.1) is 3.91 Å². The SMILES string of the molecule is O=S(=O)([C-](S(=O)(=O)C(F)(F)C(F)(F)C(F)(F)F)S(=O)(=O)C(F)(F)C(F)(F)C(F)(F)F)C(F)(F)C(F)(F)F. The third-order valence-electron chi connectivity index (χ3n) is 3.44. The number of hydrogen-bond acceptors (Lipinski definition) is 6. The first-order valence-corrected chi connectivity index (χ1v) is 11.5. The molecule has 0 aliphatic carbocycles. The van der Waals surface area contributed by atoms with Crippen LogP contribution in [0, 0.1) is 3.91 Å². The first kappa shape index (κ1) is 35.5. The van der Waals surface area contributed by atoms with Crippen molar-refractivity contribution in [3.05, 3.63) is 3.91 Å². The van der Waals surface area contributed by atoms with Gasteiger partial charge in [-0.2, -0.15) is 83.4 Å². The molecule has 224 valence electrons. The van der Waals surface area contributed by atoms with Crippen LogP contribution in [0.15, 0.2) is 0 Å². The minimum atomic E-state index is -9.91. The summed E-state index contributed by atoms with van der Waals surface area (Å²) in [5.41, 5.74) is 0. The maximum Gasteiger partial charge on any atom is 0.466 e. The van der Waals surface area contributed by atoms with Gasteiger partial charge in [-0.25, -0.2) is 0 Å². The molecule has 0 rings (SSSR count). The Morgan fingerprint density at radius 2 is 0.514 bits per heavy atom. The number of rotatable bonds is 8. The van der Waals surface area contributed by atoms with Crippen molar-refractivity contribution in [2.45, 2.75) is 46.1 Å². The van der Waals surface area contributed by atoms with Crippen molar-refractivity contribution in [2.75, 3.05) is 0 Å². The zero-order valence-electron chi connectivity index (χ0n) is 15.4. The topological polar surface area (TPSA) is 102 Å². The fourth-order valence-electron chi connectivity index (χ4n) is 1.57. The maximum atomic E-state index is 13.6. The summed E-state index contributed by atoms with van der Waals surface area (Å²) in [6.07, 6.45) is -24.3. The molecule has 0 unspecified atom stereocenters. The molecule has 0 bridgehead atoms. The van der Waals surface area contributed by atoms with Gasteiger partial charge in [0.1, 0.15) is 29.5 Å². The monoisotopic (exact) mass is 661 g/mol. The quantitative estimate of drug-likeness (QED) is 0.282. The third-order valence-corrected chi connectivity index (χ3v) is 11.5. The molecule has 0 saturated heterocycles.